The average Bonchev–Trinajstić information content (AvgIpc) is 4.05. The van der Waals surface area contributed by atoms with Crippen LogP contribution in [0.5, 0.6) is 0 Å². The van der Waals surface area contributed by atoms with E-state index in [1.165, 1.54) is 79.7 Å². The largest absolute Gasteiger partial charge is 0.0946 e. The summed E-state index contributed by atoms with van der Waals surface area (Å²) in [7, 11) is 0. The van der Waals surface area contributed by atoms with Crippen molar-refractivity contribution in [3.05, 3.63) is 136 Å². The van der Waals surface area contributed by atoms with Crippen LogP contribution in [-0.2, 0) is 10.8 Å². The number of hydrogen-bond donors (Lipinski definition) is 0. The Morgan fingerprint density at radius 1 is 0.452 bits per heavy atom. The molecule has 1 aromatic rings. The quantitative estimate of drug-likeness (QED) is 0.174. The van der Waals surface area contributed by atoms with E-state index < -0.39 is 0 Å². The van der Waals surface area contributed by atoms with Crippen molar-refractivity contribution in [3.63, 3.8) is 0 Å². The maximum Gasteiger partial charge on any atom is 0.0133 e. The molecule has 0 spiro atoms. The Morgan fingerprint density at radius 2 is 0.890 bits per heavy atom. The fourth-order valence-corrected chi connectivity index (χ4v) is 16.6. The van der Waals surface area contributed by atoms with Gasteiger partial charge >= 0.3 is 0 Å². The normalized spacial score (nSPS) is 27.2. The molecule has 0 fully saturated rings. The molecule has 13 atom stereocenters. The van der Waals surface area contributed by atoms with Crippen molar-refractivity contribution in [3.8, 4) is 0 Å². The summed E-state index contributed by atoms with van der Waals surface area (Å²) in [5.74, 6) is 6.96. The van der Waals surface area contributed by atoms with E-state index in [4.69, 9.17) is 13.2 Å². The van der Waals surface area contributed by atoms with Crippen LogP contribution in [0.1, 0.15) is 258 Å². The van der Waals surface area contributed by atoms with E-state index in [9.17, 15) is 0 Å². The van der Waals surface area contributed by atoms with E-state index in [-0.39, 0.29) is 28.6 Å². The van der Waals surface area contributed by atoms with Gasteiger partial charge in [0, 0.05) is 29.6 Å². The van der Waals surface area contributed by atoms with Crippen molar-refractivity contribution in [1.82, 2.24) is 0 Å². The summed E-state index contributed by atoms with van der Waals surface area (Å²) in [6.07, 6.45) is 3.52. The Hall–Kier alpha value is -3.38. The highest BCUT2D eigenvalue weighted by Crippen LogP contribution is 2.66. The van der Waals surface area contributed by atoms with Gasteiger partial charge in [0.25, 0.3) is 0 Å². The highest BCUT2D eigenvalue weighted by atomic mass is 14.5. The van der Waals surface area contributed by atoms with Crippen molar-refractivity contribution in [2.75, 3.05) is 0 Å². The standard InChI is InChI=1S/C73H108/c1-31-32-35(4)37(6)45(14)59-49(18)54(23)66-68(59)71(73(28,29)30)67-55(24)61(64(69(67)70(66)72(25,26)27)48(17)40(9)39(8)38(7)36(5)34(2)3)57-33-56(43(12)44(57)13)60-50(19)51(20)65-62(52(21)53(22)63(60)65)58-46(15)41(10)42(11)47(58)16/h34-40,45-46,48,50,52,59,64H,20,22,31-33H2,1-19,21,23-30H3. The van der Waals surface area contributed by atoms with Crippen LogP contribution in [0, 0.1) is 71.0 Å². The van der Waals surface area contributed by atoms with Gasteiger partial charge in [-0.3, -0.25) is 0 Å². The van der Waals surface area contributed by atoms with Gasteiger partial charge < -0.3 is 0 Å². The maximum absolute atomic E-state index is 4.99. The lowest BCUT2D eigenvalue weighted by molar-refractivity contribution is 0.138. The minimum absolute atomic E-state index is 0.0575. The van der Waals surface area contributed by atoms with Crippen LogP contribution >= 0.6 is 0 Å². The highest BCUT2D eigenvalue weighted by Gasteiger charge is 2.51. The van der Waals surface area contributed by atoms with Crippen molar-refractivity contribution >= 4 is 11.1 Å². The first kappa shape index (κ1) is 57.3. The Labute approximate surface area is 451 Å². The molecule has 0 heterocycles. The van der Waals surface area contributed by atoms with Crippen molar-refractivity contribution in [2.45, 2.75) is 236 Å². The lowest BCUT2D eigenvalue weighted by Crippen LogP contribution is -2.32. The molecule has 6 aliphatic rings. The average molecular weight is 986 g/mol. The Morgan fingerprint density at radius 3 is 1.36 bits per heavy atom. The molecule has 13 unspecified atom stereocenters. The van der Waals surface area contributed by atoms with Gasteiger partial charge in [0.2, 0.25) is 0 Å². The minimum atomic E-state index is -0.0604. The molecule has 0 radical (unpaired) electrons. The second kappa shape index (κ2) is 19.9. The van der Waals surface area contributed by atoms with Crippen LogP contribution in [0.25, 0.3) is 11.1 Å². The summed E-state index contributed by atoms with van der Waals surface area (Å²) in [4.78, 5) is 0. The molecule has 0 aliphatic heterocycles. The van der Waals surface area contributed by atoms with E-state index in [0.29, 0.717) is 65.1 Å². The minimum Gasteiger partial charge on any atom is -0.0946 e. The van der Waals surface area contributed by atoms with Gasteiger partial charge in [0.1, 0.15) is 0 Å². The molecule has 0 saturated carbocycles. The summed E-state index contributed by atoms with van der Waals surface area (Å²) in [5, 5.41) is 0. The zero-order chi connectivity index (χ0) is 55.1. The molecule has 0 bridgehead atoms. The molecule has 1 aromatic carbocycles. The first-order chi connectivity index (χ1) is 33.6. The van der Waals surface area contributed by atoms with Crippen molar-refractivity contribution in [1.29, 1.82) is 0 Å². The number of hydrogen-bond acceptors (Lipinski definition) is 0. The molecule has 6 aliphatic carbocycles. The van der Waals surface area contributed by atoms with Crippen molar-refractivity contribution in [2.24, 2.45) is 71.0 Å². The molecule has 0 nitrogen and oxygen atoms in total. The summed E-state index contributed by atoms with van der Waals surface area (Å²) >= 11 is 0. The lowest BCUT2D eigenvalue weighted by Gasteiger charge is -2.41. The monoisotopic (exact) mass is 985 g/mol. The summed E-state index contributed by atoms with van der Waals surface area (Å²) < 4.78 is 0. The van der Waals surface area contributed by atoms with Crippen LogP contribution in [0.2, 0.25) is 0 Å². The lowest BCUT2D eigenvalue weighted by atomic mass is 9.62. The fourth-order valence-electron chi connectivity index (χ4n) is 16.6. The molecular weight excluding hydrogens is 877 g/mol. The third-order valence-electron chi connectivity index (χ3n) is 22.9. The first-order valence-corrected chi connectivity index (χ1v) is 29.9. The predicted molar refractivity (Wildman–Crippen MR) is 324 cm³/mol. The number of allylic oxidation sites excluding steroid dienone is 18. The van der Waals surface area contributed by atoms with E-state index in [1.807, 2.05) is 0 Å². The van der Waals surface area contributed by atoms with Gasteiger partial charge in [-0.2, -0.15) is 0 Å². The maximum atomic E-state index is 4.99. The van der Waals surface area contributed by atoms with Gasteiger partial charge in [-0.1, -0.05) is 176 Å². The topological polar surface area (TPSA) is 0 Å². The fraction of sp³-hybridized carbons (Fsp3) is 0.644. The molecule has 0 heteroatoms. The van der Waals surface area contributed by atoms with E-state index in [1.54, 1.807) is 66.8 Å². The van der Waals surface area contributed by atoms with Gasteiger partial charge in [-0.15, -0.1) is 0 Å². The van der Waals surface area contributed by atoms with Crippen LogP contribution in [0.3, 0.4) is 0 Å². The third-order valence-corrected chi connectivity index (χ3v) is 22.9. The zero-order valence-corrected chi connectivity index (χ0v) is 52.6. The molecule has 73 heavy (non-hydrogen) atoms. The molecule has 0 amide bonds. The van der Waals surface area contributed by atoms with Gasteiger partial charge in [0.15, 0.2) is 0 Å². The van der Waals surface area contributed by atoms with Crippen molar-refractivity contribution < 1.29 is 0 Å². The van der Waals surface area contributed by atoms with Gasteiger partial charge in [-0.25, -0.2) is 0 Å². The predicted octanol–water partition coefficient (Wildman–Crippen LogP) is 21.9. The molecule has 7 rings (SSSR count). The molecule has 0 saturated heterocycles. The van der Waals surface area contributed by atoms with Crippen LogP contribution in [-0.4, -0.2) is 0 Å². The Bertz CT molecular complexity index is 2770. The molecule has 0 aromatic heterocycles. The number of fused-ring (bicyclic) bond motifs is 3. The van der Waals surface area contributed by atoms with Crippen LogP contribution in [0.4, 0.5) is 0 Å². The molecule has 400 valence electrons. The van der Waals surface area contributed by atoms with Gasteiger partial charge in [0.05, 0.1) is 0 Å². The molecule has 0 N–H and O–H groups in total. The Balaban J connectivity index is 1.52. The molecular formula is C73H108. The van der Waals surface area contributed by atoms with E-state index in [0.717, 1.165) is 6.42 Å². The Kier molecular flexibility index (Phi) is 15.6. The zero-order valence-electron chi connectivity index (χ0n) is 52.6. The summed E-state index contributed by atoms with van der Waals surface area (Å²) in [6, 6.07) is 0. The number of rotatable bonds is 14. The first-order valence-electron chi connectivity index (χ1n) is 29.9. The highest BCUT2D eigenvalue weighted by molar-refractivity contribution is 5.93. The summed E-state index contributed by atoms with van der Waals surface area (Å²) in [6.45, 7) is 80.3. The van der Waals surface area contributed by atoms with Crippen LogP contribution < -0.4 is 0 Å². The van der Waals surface area contributed by atoms with E-state index >= 15 is 0 Å². The van der Waals surface area contributed by atoms with Crippen LogP contribution in [0.15, 0.2) is 102 Å². The van der Waals surface area contributed by atoms with E-state index in [2.05, 4.69) is 194 Å². The number of benzene rings is 1. The van der Waals surface area contributed by atoms with Gasteiger partial charge in [-0.05, 0) is 248 Å². The second-order valence-electron chi connectivity index (χ2n) is 28.7. The SMILES string of the molecule is C=C1C2=C(C3=C(C)C(C)=C(C)C3C)C(C)C(=C)C2=C(C2=C(C)C(C)=C(C3=C(C)c4c(c(C(C)(C)C)c5c(c4C(C)(C)C)C(C(C)C(C)C(C)CCC)C(C)=C5C)C3C(C)C(C)C(C)C(C)C(C)C(C)C)C2)C1C. The third kappa shape index (κ3) is 8.65. The second-order valence-corrected chi connectivity index (χ2v) is 28.7. The summed E-state index contributed by atoms with van der Waals surface area (Å²) in [5.41, 5.74) is 36.8. The smallest absolute Gasteiger partial charge is 0.0133 e.